The molecule has 0 aliphatic carbocycles. The van der Waals surface area contributed by atoms with Crippen molar-refractivity contribution in [3.05, 3.63) is 0 Å². The third-order valence-electron chi connectivity index (χ3n) is 12.9. The van der Waals surface area contributed by atoms with E-state index in [1.807, 2.05) is 24.5 Å². The Balaban J connectivity index is 6.26. The standard InChI is InChI=1S/C55H99N11O14/c1-44(67)9-27-61(28-10-45(2)68)39-23-56-21-22-57-50(73)15-33-65(34-16-53(76)60-26-42-64(37-19-54(77)79-7)38-20-55(78)80-8)43-66(35-17-51(74)58-24-40-62(29-11-46(3)69)30-12-47(4)70)36-18-52(75)59-25-41-63(31-13-48(5)71)32-14-49(6)72/h56H,9-43H2,1-8H3,(H,57,73)(H,58,74)(H,59,75)(H,60,76). The molecule has 0 heterocycles. The lowest BCUT2D eigenvalue weighted by molar-refractivity contribution is -0.141. The number of nitrogens with zero attached hydrogens (tertiary/aromatic N) is 6. The number of esters is 2. The molecule has 458 valence electrons. The molecule has 0 rings (SSSR count). The lowest BCUT2D eigenvalue weighted by Crippen LogP contribution is -2.45. The van der Waals surface area contributed by atoms with E-state index in [2.05, 4.69) is 31.5 Å². The van der Waals surface area contributed by atoms with Crippen LogP contribution in [0.5, 0.6) is 0 Å². The lowest BCUT2D eigenvalue weighted by atomic mass is 10.2. The van der Waals surface area contributed by atoms with Crippen LogP contribution >= 0.6 is 0 Å². The molecule has 4 amide bonds. The number of carbonyl (C=O) groups excluding carboxylic acids is 12. The van der Waals surface area contributed by atoms with Gasteiger partial charge in [0.25, 0.3) is 0 Å². The third kappa shape index (κ3) is 46.3. The molecule has 0 aromatic heterocycles. The van der Waals surface area contributed by atoms with Gasteiger partial charge in [0, 0.05) is 208 Å². The molecule has 25 heteroatoms. The van der Waals surface area contributed by atoms with E-state index < -0.39 is 11.9 Å². The number of amides is 4. The maximum atomic E-state index is 13.4. The van der Waals surface area contributed by atoms with Crippen LogP contribution in [0.25, 0.3) is 0 Å². The normalized spacial score (nSPS) is 11.3. The number of Topliss-reactive ketones (excluding diaryl/α,β-unsaturated/α-hetero) is 6. The highest BCUT2D eigenvalue weighted by Gasteiger charge is 2.19. The first-order chi connectivity index (χ1) is 38.0. The second-order valence-electron chi connectivity index (χ2n) is 20.3. The summed E-state index contributed by atoms with van der Waals surface area (Å²) in [5.41, 5.74) is 0. The first-order valence-electron chi connectivity index (χ1n) is 28.2. The Labute approximate surface area is 475 Å². The first kappa shape index (κ1) is 74.6. The minimum absolute atomic E-state index is 0.0147. The van der Waals surface area contributed by atoms with Crippen molar-refractivity contribution in [2.24, 2.45) is 0 Å². The van der Waals surface area contributed by atoms with Gasteiger partial charge >= 0.3 is 11.9 Å². The van der Waals surface area contributed by atoms with Gasteiger partial charge in [-0.15, -0.1) is 0 Å². The number of nitrogens with one attached hydrogen (secondary N) is 5. The Hall–Kier alpha value is -5.44. The molecule has 0 atom stereocenters. The molecule has 0 saturated heterocycles. The lowest BCUT2D eigenvalue weighted by Gasteiger charge is -2.30. The van der Waals surface area contributed by atoms with Gasteiger partial charge in [0.05, 0.1) is 33.7 Å². The van der Waals surface area contributed by atoms with Gasteiger partial charge in [-0.1, -0.05) is 0 Å². The zero-order valence-electron chi connectivity index (χ0n) is 49.6. The molecular formula is C55H99N11O14. The molecule has 5 N–H and O–H groups in total. The van der Waals surface area contributed by atoms with Crippen LogP contribution in [0.2, 0.25) is 0 Å². The molecule has 0 aromatic rings. The molecule has 0 aromatic carbocycles. The van der Waals surface area contributed by atoms with Gasteiger partial charge in [0.1, 0.15) is 34.7 Å². The van der Waals surface area contributed by atoms with Gasteiger partial charge in [-0.25, -0.2) is 0 Å². The first-order valence-corrected chi connectivity index (χ1v) is 28.2. The van der Waals surface area contributed by atoms with E-state index in [0.717, 1.165) is 0 Å². The van der Waals surface area contributed by atoms with Crippen molar-refractivity contribution in [1.29, 1.82) is 0 Å². The Morgan fingerprint density at radius 1 is 0.263 bits per heavy atom. The minimum Gasteiger partial charge on any atom is -0.469 e. The highest BCUT2D eigenvalue weighted by molar-refractivity contribution is 5.79. The highest BCUT2D eigenvalue weighted by Crippen LogP contribution is 2.05. The molecular weight excluding hydrogens is 1040 g/mol. The fraction of sp³-hybridized carbons (Fsp3) is 0.782. The van der Waals surface area contributed by atoms with Crippen molar-refractivity contribution in [3.63, 3.8) is 0 Å². The van der Waals surface area contributed by atoms with E-state index in [-0.39, 0.29) is 149 Å². The van der Waals surface area contributed by atoms with Gasteiger partial charge in [0.2, 0.25) is 23.6 Å². The Kier molecular flexibility index (Phi) is 44.0. The van der Waals surface area contributed by atoms with E-state index in [4.69, 9.17) is 9.47 Å². The number of hydrogen-bond acceptors (Lipinski definition) is 21. The molecule has 0 radical (unpaired) electrons. The Morgan fingerprint density at radius 3 is 0.738 bits per heavy atom. The van der Waals surface area contributed by atoms with E-state index in [0.29, 0.717) is 137 Å². The zero-order chi connectivity index (χ0) is 60.1. The molecule has 0 fully saturated rings. The maximum absolute atomic E-state index is 13.4. The average molecular weight is 1140 g/mol. The van der Waals surface area contributed by atoms with Gasteiger partial charge < -0.3 is 55.7 Å². The van der Waals surface area contributed by atoms with Crippen LogP contribution in [0.15, 0.2) is 0 Å². The minimum atomic E-state index is -0.418. The van der Waals surface area contributed by atoms with E-state index in [9.17, 15) is 57.5 Å². The van der Waals surface area contributed by atoms with Crippen LogP contribution in [0.4, 0.5) is 0 Å². The molecule has 0 aliphatic heterocycles. The van der Waals surface area contributed by atoms with Crippen molar-refractivity contribution in [2.75, 3.05) is 165 Å². The maximum Gasteiger partial charge on any atom is 0.306 e. The number of hydrogen-bond donors (Lipinski definition) is 5. The van der Waals surface area contributed by atoms with Crippen molar-refractivity contribution in [2.45, 2.75) is 119 Å². The average Bonchev–Trinajstić information content (AvgIpc) is 3.40. The summed E-state index contributed by atoms with van der Waals surface area (Å²) in [6.45, 7) is 17.4. The predicted molar refractivity (Wildman–Crippen MR) is 302 cm³/mol. The number of ketones is 6. The summed E-state index contributed by atoms with van der Waals surface area (Å²) in [5, 5.41) is 15.0. The molecule has 0 spiro atoms. The van der Waals surface area contributed by atoms with Crippen LogP contribution in [-0.2, 0) is 67.0 Å². The van der Waals surface area contributed by atoms with Crippen LogP contribution < -0.4 is 26.6 Å². The summed E-state index contributed by atoms with van der Waals surface area (Å²) < 4.78 is 9.54. The summed E-state index contributed by atoms with van der Waals surface area (Å²) in [7, 11) is 2.57. The van der Waals surface area contributed by atoms with Gasteiger partial charge in [-0.3, -0.25) is 67.3 Å². The summed E-state index contributed by atoms with van der Waals surface area (Å²) in [6.07, 6.45) is 2.36. The molecule has 25 nitrogen and oxygen atoms in total. The monoisotopic (exact) mass is 1140 g/mol. The quantitative estimate of drug-likeness (QED) is 0.0288. The van der Waals surface area contributed by atoms with Gasteiger partial charge in [-0.05, 0) is 41.5 Å². The Bertz CT molecular complexity index is 1770. The molecule has 0 unspecified atom stereocenters. The summed E-state index contributed by atoms with van der Waals surface area (Å²) >= 11 is 0. The summed E-state index contributed by atoms with van der Waals surface area (Å²) in [4.78, 5) is 159. The number of rotatable bonds is 53. The molecule has 80 heavy (non-hydrogen) atoms. The third-order valence-corrected chi connectivity index (χ3v) is 12.9. The Morgan fingerprint density at radius 2 is 0.487 bits per heavy atom. The van der Waals surface area contributed by atoms with Crippen LogP contribution in [0.1, 0.15) is 119 Å². The van der Waals surface area contributed by atoms with E-state index in [1.54, 1.807) is 0 Å². The second-order valence-corrected chi connectivity index (χ2v) is 20.3. The smallest absolute Gasteiger partial charge is 0.306 e. The molecule has 0 aliphatic rings. The molecule has 0 saturated carbocycles. The topological polar surface area (TPSA) is 303 Å². The SMILES string of the molecule is COC(=O)CCN(CCNC(=O)CCN(CCC(=O)NCCNCCN(CCC(C)=O)CCC(C)=O)CN(CCC(=O)NCCN(CCC(C)=O)CCC(C)=O)CCC(=O)NCCN(CCC(C)=O)CCC(C)=O)CCC(=O)OC. The molecule has 0 bridgehead atoms. The fourth-order valence-corrected chi connectivity index (χ4v) is 7.83. The van der Waals surface area contributed by atoms with Crippen LogP contribution in [-0.4, -0.2) is 265 Å². The number of ether oxygens (including phenoxy) is 2. The summed E-state index contributed by atoms with van der Waals surface area (Å²) in [6, 6.07) is 0. The van der Waals surface area contributed by atoms with Crippen molar-refractivity contribution < 1.29 is 67.0 Å². The van der Waals surface area contributed by atoms with Gasteiger partial charge in [0.15, 0.2) is 0 Å². The van der Waals surface area contributed by atoms with Crippen LogP contribution in [0, 0.1) is 0 Å². The van der Waals surface area contributed by atoms with E-state index >= 15 is 0 Å². The predicted octanol–water partition coefficient (Wildman–Crippen LogP) is -0.629. The van der Waals surface area contributed by atoms with Gasteiger partial charge in [-0.2, -0.15) is 0 Å². The largest absolute Gasteiger partial charge is 0.469 e. The zero-order valence-corrected chi connectivity index (χ0v) is 49.6. The van der Waals surface area contributed by atoms with Crippen LogP contribution in [0.3, 0.4) is 0 Å². The van der Waals surface area contributed by atoms with Crippen molar-refractivity contribution in [3.8, 4) is 0 Å². The number of methoxy groups -OCH3 is 2. The van der Waals surface area contributed by atoms with Crippen molar-refractivity contribution >= 4 is 70.3 Å². The second kappa shape index (κ2) is 47.2. The highest BCUT2D eigenvalue weighted by atomic mass is 16.5. The fourth-order valence-electron chi connectivity index (χ4n) is 7.83. The van der Waals surface area contributed by atoms with E-state index in [1.165, 1.54) is 55.8 Å². The van der Waals surface area contributed by atoms with Crippen molar-refractivity contribution in [1.82, 2.24) is 56.0 Å². The summed E-state index contributed by atoms with van der Waals surface area (Å²) in [5.74, 6) is -1.70. The number of carbonyl (C=O) groups is 12.